The molecule has 0 bridgehead atoms. The Kier molecular flexibility index (Phi) is 12.7. The predicted molar refractivity (Wildman–Crippen MR) is 196 cm³/mol. The molecule has 4 aromatic rings. The van der Waals surface area contributed by atoms with E-state index < -0.39 is 10.0 Å². The number of rotatable bonds is 14. The van der Waals surface area contributed by atoms with Crippen molar-refractivity contribution in [3.63, 3.8) is 0 Å². The Morgan fingerprint density at radius 3 is 1.94 bits per heavy atom. The maximum absolute atomic E-state index is 13.6. The van der Waals surface area contributed by atoms with E-state index in [4.69, 9.17) is 17.0 Å². The van der Waals surface area contributed by atoms with Crippen molar-refractivity contribution in [3.8, 4) is 5.75 Å². The van der Waals surface area contributed by atoms with Gasteiger partial charge in [0, 0.05) is 37.4 Å². The number of ether oxygens (including phenoxy) is 1. The number of nitrogens with one attached hydrogen (secondary N) is 2. The van der Waals surface area contributed by atoms with Gasteiger partial charge in [-0.25, -0.2) is 8.42 Å². The van der Waals surface area contributed by atoms with Crippen LogP contribution in [0, 0.1) is 0 Å². The molecular weight excluding hydrogens is 641 g/mol. The average molecular weight is 685 g/mol. The second-order valence-corrected chi connectivity index (χ2v) is 14.2. The second kappa shape index (κ2) is 17.3. The van der Waals surface area contributed by atoms with Crippen LogP contribution in [0.2, 0.25) is 0 Å². The summed E-state index contributed by atoms with van der Waals surface area (Å²) in [6.45, 7) is 4.85. The summed E-state index contributed by atoms with van der Waals surface area (Å²) in [5, 5.41) is 5.77. The predicted octanol–water partition coefficient (Wildman–Crippen LogP) is 7.26. The van der Waals surface area contributed by atoms with E-state index in [2.05, 4.69) is 46.7 Å². The average Bonchev–Trinajstić information content (AvgIpc) is 3.11. The fraction of sp³-hybridized carbons (Fsp3) is 0.316. The first-order chi connectivity index (χ1) is 23.3. The summed E-state index contributed by atoms with van der Waals surface area (Å²) in [5.74, 6) is 0.377. The number of hydrogen-bond donors (Lipinski definition) is 2. The molecule has 4 aromatic carbocycles. The molecule has 0 saturated carbocycles. The van der Waals surface area contributed by atoms with E-state index in [0.717, 1.165) is 18.6 Å². The molecule has 1 amide bonds. The molecule has 5 rings (SSSR count). The summed E-state index contributed by atoms with van der Waals surface area (Å²) in [5.41, 5.74) is 3.39. The Labute approximate surface area is 290 Å². The molecule has 1 aliphatic heterocycles. The lowest BCUT2D eigenvalue weighted by molar-refractivity contribution is 0.0977. The Balaban J connectivity index is 1.11. The van der Waals surface area contributed by atoms with Crippen LogP contribution in [0.3, 0.4) is 0 Å². The van der Waals surface area contributed by atoms with Gasteiger partial charge in [0.15, 0.2) is 5.11 Å². The number of piperazine rings is 1. The highest BCUT2D eigenvalue weighted by Crippen LogP contribution is 2.30. The van der Waals surface area contributed by atoms with Crippen LogP contribution in [0.4, 0.5) is 5.69 Å². The van der Waals surface area contributed by atoms with Gasteiger partial charge >= 0.3 is 0 Å². The van der Waals surface area contributed by atoms with Crippen molar-refractivity contribution >= 4 is 38.9 Å². The van der Waals surface area contributed by atoms with Crippen molar-refractivity contribution < 1.29 is 17.9 Å². The number of anilines is 1. The van der Waals surface area contributed by atoms with Crippen LogP contribution in [0.5, 0.6) is 5.75 Å². The molecule has 2 N–H and O–H groups in total. The standard InChI is InChI=1S/C38H44N4O4S2/c1-2-3-4-5-12-29-46-34-21-17-32(18-22-34)37(43)40-38(47)39-33-19-23-35(24-20-33)48(44,45)42-27-25-41(26-28-42)36(30-13-8-6-9-14-30)31-15-10-7-11-16-31/h6-11,13-24,36H,2-5,12,25-29H2,1H3,(H2,39,40,43,47). The van der Waals surface area contributed by atoms with Crippen molar-refractivity contribution in [2.45, 2.75) is 50.0 Å². The summed E-state index contributed by atoms with van der Waals surface area (Å²) >= 11 is 5.35. The van der Waals surface area contributed by atoms with Gasteiger partial charge < -0.3 is 10.1 Å². The number of hydrogen-bond acceptors (Lipinski definition) is 6. The van der Waals surface area contributed by atoms with Gasteiger partial charge in [0.2, 0.25) is 10.0 Å². The minimum atomic E-state index is -3.69. The fourth-order valence-electron chi connectivity index (χ4n) is 5.88. The quantitative estimate of drug-likeness (QED) is 0.107. The zero-order valence-electron chi connectivity index (χ0n) is 27.4. The number of benzene rings is 4. The van der Waals surface area contributed by atoms with Gasteiger partial charge in [-0.1, -0.05) is 93.3 Å². The smallest absolute Gasteiger partial charge is 0.257 e. The molecule has 0 atom stereocenters. The molecule has 1 heterocycles. The van der Waals surface area contributed by atoms with Crippen LogP contribution in [0.15, 0.2) is 114 Å². The molecule has 8 nitrogen and oxygen atoms in total. The first kappa shape index (κ1) is 35.2. The van der Waals surface area contributed by atoms with Crippen LogP contribution >= 0.6 is 12.2 Å². The number of sulfonamides is 1. The number of carbonyl (C=O) groups excluding carboxylic acids is 1. The summed E-state index contributed by atoms with van der Waals surface area (Å²) in [4.78, 5) is 15.3. The SMILES string of the molecule is CCCCCCCOc1ccc(C(=O)NC(=S)Nc2ccc(S(=O)(=O)N3CCN(C(c4ccccc4)c4ccccc4)CC3)cc2)cc1. The number of amides is 1. The van der Waals surface area contributed by atoms with Crippen LogP contribution in [0.1, 0.15) is 66.6 Å². The highest BCUT2D eigenvalue weighted by molar-refractivity contribution is 7.89. The third-order valence-electron chi connectivity index (χ3n) is 8.48. The monoisotopic (exact) mass is 684 g/mol. The second-order valence-electron chi connectivity index (χ2n) is 11.9. The lowest BCUT2D eigenvalue weighted by Gasteiger charge is -2.39. The maximum atomic E-state index is 13.6. The lowest BCUT2D eigenvalue weighted by atomic mass is 9.96. The third-order valence-corrected chi connectivity index (χ3v) is 10.6. The summed E-state index contributed by atoms with van der Waals surface area (Å²) in [7, 11) is -3.69. The van der Waals surface area contributed by atoms with Crippen LogP contribution in [-0.4, -0.2) is 61.4 Å². The normalized spacial score (nSPS) is 14.0. The molecule has 10 heteroatoms. The highest BCUT2D eigenvalue weighted by atomic mass is 32.2. The molecular formula is C38H44N4O4S2. The molecule has 252 valence electrons. The third kappa shape index (κ3) is 9.50. The van der Waals surface area contributed by atoms with Gasteiger partial charge in [0.05, 0.1) is 17.5 Å². The van der Waals surface area contributed by atoms with E-state index in [1.54, 1.807) is 52.8 Å². The Morgan fingerprint density at radius 1 is 0.771 bits per heavy atom. The summed E-state index contributed by atoms with van der Waals surface area (Å²) in [6, 6.07) is 34.1. The number of carbonyl (C=O) groups is 1. The Morgan fingerprint density at radius 2 is 1.35 bits per heavy atom. The Hall–Kier alpha value is -4.09. The zero-order valence-corrected chi connectivity index (χ0v) is 29.0. The molecule has 1 fully saturated rings. The minimum Gasteiger partial charge on any atom is -0.494 e. The van der Waals surface area contributed by atoms with Crippen molar-refractivity contribution in [3.05, 3.63) is 126 Å². The zero-order chi connectivity index (χ0) is 33.8. The largest absolute Gasteiger partial charge is 0.494 e. The van der Waals surface area contributed by atoms with E-state index in [1.165, 1.54) is 30.4 Å². The Bertz CT molecular complexity index is 1670. The molecule has 1 aliphatic rings. The van der Waals surface area contributed by atoms with E-state index >= 15 is 0 Å². The molecule has 0 aliphatic carbocycles. The van der Waals surface area contributed by atoms with Crippen molar-refractivity contribution in [1.29, 1.82) is 0 Å². The highest BCUT2D eigenvalue weighted by Gasteiger charge is 2.32. The molecule has 0 spiro atoms. The van der Waals surface area contributed by atoms with Crippen LogP contribution in [-0.2, 0) is 10.0 Å². The van der Waals surface area contributed by atoms with Gasteiger partial charge in [-0.2, -0.15) is 4.31 Å². The molecule has 1 saturated heterocycles. The first-order valence-corrected chi connectivity index (χ1v) is 18.5. The topological polar surface area (TPSA) is 91.0 Å². The van der Waals surface area contributed by atoms with Crippen LogP contribution in [0.25, 0.3) is 0 Å². The van der Waals surface area contributed by atoms with Crippen molar-refractivity contribution in [2.24, 2.45) is 0 Å². The minimum absolute atomic E-state index is 0.0511. The van der Waals surface area contributed by atoms with Gasteiger partial charge in [0.25, 0.3) is 5.91 Å². The molecule has 48 heavy (non-hydrogen) atoms. The summed E-state index contributed by atoms with van der Waals surface area (Å²) in [6.07, 6.45) is 5.85. The van der Waals surface area contributed by atoms with Crippen LogP contribution < -0.4 is 15.4 Å². The lowest BCUT2D eigenvalue weighted by Crippen LogP contribution is -2.49. The number of thiocarbonyl (C=S) groups is 1. The first-order valence-electron chi connectivity index (χ1n) is 16.6. The maximum Gasteiger partial charge on any atom is 0.257 e. The number of nitrogens with zero attached hydrogens (tertiary/aromatic N) is 2. The van der Waals surface area contributed by atoms with E-state index in [1.807, 2.05) is 36.4 Å². The number of unbranched alkanes of at least 4 members (excludes halogenated alkanes) is 4. The van der Waals surface area contributed by atoms with E-state index in [9.17, 15) is 13.2 Å². The van der Waals surface area contributed by atoms with Gasteiger partial charge in [-0.3, -0.25) is 15.0 Å². The van der Waals surface area contributed by atoms with Gasteiger partial charge in [-0.15, -0.1) is 0 Å². The van der Waals surface area contributed by atoms with E-state index in [0.29, 0.717) is 44.0 Å². The van der Waals surface area contributed by atoms with Gasteiger partial charge in [-0.05, 0) is 78.3 Å². The van der Waals surface area contributed by atoms with E-state index in [-0.39, 0.29) is 22.0 Å². The fourth-order valence-corrected chi connectivity index (χ4v) is 7.51. The molecule has 0 aromatic heterocycles. The van der Waals surface area contributed by atoms with Crippen molar-refractivity contribution in [2.75, 3.05) is 38.1 Å². The summed E-state index contributed by atoms with van der Waals surface area (Å²) < 4.78 is 34.5. The molecule has 0 radical (unpaired) electrons. The molecule has 0 unspecified atom stereocenters. The van der Waals surface area contributed by atoms with Crippen molar-refractivity contribution in [1.82, 2.24) is 14.5 Å². The van der Waals surface area contributed by atoms with Gasteiger partial charge in [0.1, 0.15) is 5.75 Å².